The van der Waals surface area contributed by atoms with E-state index in [1.165, 1.54) is 12.5 Å². The Morgan fingerprint density at radius 3 is 2.52 bits per heavy atom. The summed E-state index contributed by atoms with van der Waals surface area (Å²) >= 11 is 0. The lowest BCUT2D eigenvalue weighted by atomic mass is 10.2. The Hall–Kier alpha value is -1.70. The average molecular weight is 315 g/mol. The van der Waals surface area contributed by atoms with Gasteiger partial charge in [0, 0.05) is 18.5 Å². The molecule has 0 fully saturated rings. The van der Waals surface area contributed by atoms with Crippen LogP contribution < -0.4 is 5.32 Å². The largest absolute Gasteiger partial charge is 0.462 e. The van der Waals surface area contributed by atoms with Crippen molar-refractivity contribution in [2.75, 3.05) is 18.2 Å². The normalized spacial score (nSPS) is 14.3. The highest BCUT2D eigenvalue weighted by atomic mass is 32.2. The van der Waals surface area contributed by atoms with E-state index in [4.69, 9.17) is 4.74 Å². The van der Waals surface area contributed by atoms with Gasteiger partial charge >= 0.3 is 5.97 Å². The van der Waals surface area contributed by atoms with E-state index in [-0.39, 0.29) is 18.6 Å². The first kappa shape index (κ1) is 17.4. The summed E-state index contributed by atoms with van der Waals surface area (Å²) in [5.74, 6) is -0.192. The monoisotopic (exact) mass is 315 g/mol. The molecular formula is C13H21N3O4S. The fourth-order valence-corrected chi connectivity index (χ4v) is 2.45. The zero-order valence-corrected chi connectivity index (χ0v) is 13.7. The number of hydrogen-bond donors (Lipinski definition) is 1. The lowest BCUT2D eigenvalue weighted by Gasteiger charge is -2.20. The van der Waals surface area contributed by atoms with Crippen molar-refractivity contribution in [2.24, 2.45) is 0 Å². The molecular weight excluding hydrogens is 294 g/mol. The molecule has 1 heterocycles. The molecule has 0 saturated heterocycles. The van der Waals surface area contributed by atoms with Crippen molar-refractivity contribution >= 4 is 21.8 Å². The third kappa shape index (κ3) is 4.66. The zero-order valence-electron chi connectivity index (χ0n) is 12.9. The molecule has 0 spiro atoms. The molecule has 0 bridgehead atoms. The van der Waals surface area contributed by atoms with Gasteiger partial charge in [-0.05, 0) is 27.7 Å². The van der Waals surface area contributed by atoms with Gasteiger partial charge in [0.15, 0.2) is 9.84 Å². The van der Waals surface area contributed by atoms with Gasteiger partial charge in [0.25, 0.3) is 0 Å². The van der Waals surface area contributed by atoms with Crippen molar-refractivity contribution in [3.05, 3.63) is 17.5 Å². The van der Waals surface area contributed by atoms with Crippen molar-refractivity contribution in [3.63, 3.8) is 0 Å². The van der Waals surface area contributed by atoms with Crippen molar-refractivity contribution in [2.45, 2.75) is 39.0 Å². The van der Waals surface area contributed by atoms with Crippen molar-refractivity contribution < 1.29 is 17.9 Å². The number of esters is 1. The highest BCUT2D eigenvalue weighted by Crippen LogP contribution is 2.12. The van der Waals surface area contributed by atoms with E-state index in [0.29, 0.717) is 11.3 Å². The van der Waals surface area contributed by atoms with Crippen LogP contribution in [0.3, 0.4) is 0 Å². The van der Waals surface area contributed by atoms with Crippen LogP contribution in [-0.2, 0) is 14.6 Å². The average Bonchev–Trinajstić information content (AvgIpc) is 2.36. The van der Waals surface area contributed by atoms with E-state index in [1.54, 1.807) is 27.7 Å². The Morgan fingerprint density at radius 2 is 2.05 bits per heavy atom. The molecule has 2 unspecified atom stereocenters. The SMILES string of the molecule is CCOC(=O)c1cnc(NC(C)C(C)S(C)(=O)=O)nc1C. The Kier molecular flexibility index (Phi) is 5.65. The number of anilines is 1. The minimum Gasteiger partial charge on any atom is -0.462 e. The molecule has 0 aliphatic heterocycles. The van der Waals surface area contributed by atoms with Crippen LogP contribution in [0.5, 0.6) is 0 Å². The second kappa shape index (κ2) is 6.84. The lowest BCUT2D eigenvalue weighted by molar-refractivity contribution is 0.0524. The van der Waals surface area contributed by atoms with E-state index in [1.807, 2.05) is 0 Å². The minimum absolute atomic E-state index is 0.279. The van der Waals surface area contributed by atoms with Crippen LogP contribution in [0.1, 0.15) is 36.8 Å². The zero-order chi connectivity index (χ0) is 16.2. The summed E-state index contributed by atoms with van der Waals surface area (Å²) in [4.78, 5) is 19.8. The fourth-order valence-electron chi connectivity index (χ4n) is 1.64. The Labute approximate surface area is 125 Å². The van der Waals surface area contributed by atoms with Gasteiger partial charge in [-0.2, -0.15) is 0 Å². The number of rotatable bonds is 6. The van der Waals surface area contributed by atoms with Gasteiger partial charge in [0.2, 0.25) is 5.95 Å². The third-order valence-electron chi connectivity index (χ3n) is 3.21. The number of hydrogen-bond acceptors (Lipinski definition) is 7. The Morgan fingerprint density at radius 1 is 1.43 bits per heavy atom. The maximum Gasteiger partial charge on any atom is 0.341 e. The van der Waals surface area contributed by atoms with E-state index in [2.05, 4.69) is 15.3 Å². The van der Waals surface area contributed by atoms with Gasteiger partial charge in [0.05, 0.1) is 23.1 Å². The van der Waals surface area contributed by atoms with Crippen LogP contribution in [0.2, 0.25) is 0 Å². The standard InChI is InChI=1S/C13H21N3O4S/c1-6-20-12(17)11-7-14-13(16-9(11)3)15-8(2)10(4)21(5,18)19/h7-8,10H,6H2,1-5H3,(H,14,15,16). The van der Waals surface area contributed by atoms with Gasteiger partial charge in [0.1, 0.15) is 0 Å². The van der Waals surface area contributed by atoms with E-state index in [9.17, 15) is 13.2 Å². The summed E-state index contributed by atoms with van der Waals surface area (Å²) < 4.78 is 27.9. The van der Waals surface area contributed by atoms with Crippen LogP contribution in [0.25, 0.3) is 0 Å². The number of ether oxygens (including phenoxy) is 1. The van der Waals surface area contributed by atoms with E-state index >= 15 is 0 Å². The maximum atomic E-state index is 11.6. The first-order chi connectivity index (χ1) is 9.66. The van der Waals surface area contributed by atoms with Gasteiger partial charge in [-0.3, -0.25) is 0 Å². The summed E-state index contributed by atoms with van der Waals surface area (Å²) in [7, 11) is -3.15. The second-order valence-electron chi connectivity index (χ2n) is 4.88. The molecule has 0 aliphatic rings. The number of sulfone groups is 1. The summed E-state index contributed by atoms with van der Waals surface area (Å²) in [5, 5.41) is 2.36. The number of carbonyl (C=O) groups excluding carboxylic acids is 1. The molecule has 118 valence electrons. The van der Waals surface area contributed by atoms with Crippen molar-refractivity contribution in [1.82, 2.24) is 9.97 Å². The van der Waals surface area contributed by atoms with Gasteiger partial charge in [-0.1, -0.05) is 0 Å². The summed E-state index contributed by atoms with van der Waals surface area (Å²) in [5.41, 5.74) is 0.774. The van der Waals surface area contributed by atoms with Crippen LogP contribution in [0, 0.1) is 6.92 Å². The predicted octanol–water partition coefficient (Wildman–Crippen LogP) is 1.20. The van der Waals surface area contributed by atoms with Crippen molar-refractivity contribution in [1.29, 1.82) is 0 Å². The smallest absolute Gasteiger partial charge is 0.341 e. The highest BCUT2D eigenvalue weighted by Gasteiger charge is 2.23. The van der Waals surface area contributed by atoms with Gasteiger partial charge in [-0.15, -0.1) is 0 Å². The van der Waals surface area contributed by atoms with Gasteiger partial charge in [-0.25, -0.2) is 23.2 Å². The Balaban J connectivity index is 2.88. The lowest BCUT2D eigenvalue weighted by Crippen LogP contribution is -2.35. The molecule has 1 N–H and O–H groups in total. The van der Waals surface area contributed by atoms with Crippen LogP contribution in [-0.4, -0.2) is 48.5 Å². The number of nitrogens with zero attached hydrogens (tertiary/aromatic N) is 2. The predicted molar refractivity (Wildman–Crippen MR) is 80.1 cm³/mol. The molecule has 0 radical (unpaired) electrons. The van der Waals surface area contributed by atoms with E-state index in [0.717, 1.165) is 0 Å². The van der Waals surface area contributed by atoms with Crippen molar-refractivity contribution in [3.8, 4) is 0 Å². The minimum atomic E-state index is -3.15. The summed E-state index contributed by atoms with van der Waals surface area (Å²) in [6, 6.07) is -0.354. The molecule has 0 saturated carbocycles. The second-order valence-corrected chi connectivity index (χ2v) is 7.28. The summed E-state index contributed by atoms with van der Waals surface area (Å²) in [6.45, 7) is 7.03. The summed E-state index contributed by atoms with van der Waals surface area (Å²) in [6.07, 6.45) is 2.56. The van der Waals surface area contributed by atoms with Gasteiger partial charge < -0.3 is 10.1 Å². The first-order valence-corrected chi connectivity index (χ1v) is 8.58. The molecule has 1 aromatic heterocycles. The molecule has 7 nitrogen and oxygen atoms in total. The van der Waals surface area contributed by atoms with Crippen LogP contribution in [0.15, 0.2) is 6.20 Å². The number of carbonyl (C=O) groups is 1. The topological polar surface area (TPSA) is 98.2 Å². The molecule has 0 aliphatic carbocycles. The van der Waals surface area contributed by atoms with E-state index < -0.39 is 21.1 Å². The number of aromatic nitrogens is 2. The number of nitrogens with one attached hydrogen (secondary N) is 1. The van der Waals surface area contributed by atoms with Crippen LogP contribution in [0.4, 0.5) is 5.95 Å². The Bertz CT molecular complexity index is 616. The molecule has 21 heavy (non-hydrogen) atoms. The molecule has 0 aromatic carbocycles. The fraction of sp³-hybridized carbons (Fsp3) is 0.615. The molecule has 0 amide bonds. The molecule has 1 aromatic rings. The first-order valence-electron chi connectivity index (χ1n) is 6.63. The molecule has 1 rings (SSSR count). The maximum absolute atomic E-state index is 11.6. The molecule has 8 heteroatoms. The molecule has 2 atom stereocenters. The number of aryl methyl sites for hydroxylation is 1. The third-order valence-corrected chi connectivity index (χ3v) is 4.97. The van der Waals surface area contributed by atoms with Crippen LogP contribution >= 0.6 is 0 Å². The quantitative estimate of drug-likeness (QED) is 0.787. The highest BCUT2D eigenvalue weighted by molar-refractivity contribution is 7.91.